The van der Waals surface area contributed by atoms with Gasteiger partial charge in [-0.2, -0.15) is 0 Å². The summed E-state index contributed by atoms with van der Waals surface area (Å²) in [5.41, 5.74) is 0.474. The monoisotopic (exact) mass is 399 g/mol. The molecule has 4 rings (SSSR count). The van der Waals surface area contributed by atoms with Gasteiger partial charge in [0.05, 0.1) is 6.54 Å². The third-order valence-corrected chi connectivity index (χ3v) is 5.85. The number of hydrogen-bond acceptors (Lipinski definition) is 4. The van der Waals surface area contributed by atoms with Crippen LogP contribution < -0.4 is 5.32 Å². The van der Waals surface area contributed by atoms with E-state index in [1.165, 1.54) is 30.7 Å². The zero-order valence-corrected chi connectivity index (χ0v) is 16.4. The van der Waals surface area contributed by atoms with Crippen LogP contribution in [-0.4, -0.2) is 44.6 Å². The number of rotatable bonds is 4. The molecule has 0 atom stereocenters. The molecule has 1 saturated heterocycles. The number of piperidine rings is 1. The fourth-order valence-corrected chi connectivity index (χ4v) is 4.11. The number of fused-ring (bicyclic) bond motifs is 1. The minimum absolute atomic E-state index is 0.00449. The summed E-state index contributed by atoms with van der Waals surface area (Å²) < 4.78 is 15.2. The highest BCUT2D eigenvalue weighted by atomic mass is 19.1. The zero-order chi connectivity index (χ0) is 20.2. The second-order valence-corrected chi connectivity index (χ2v) is 7.79. The molecule has 0 bridgehead atoms. The van der Waals surface area contributed by atoms with Crippen LogP contribution in [0, 0.1) is 11.7 Å². The summed E-state index contributed by atoms with van der Waals surface area (Å²) in [7, 11) is 0. The van der Waals surface area contributed by atoms with E-state index in [1.54, 1.807) is 4.90 Å². The van der Waals surface area contributed by atoms with Crippen LogP contribution in [-0.2, 0) is 24.3 Å². The third-order valence-electron chi connectivity index (χ3n) is 5.85. The van der Waals surface area contributed by atoms with Crippen LogP contribution in [0.25, 0.3) is 0 Å². The average Bonchev–Trinajstić information content (AvgIpc) is 2.98. The maximum Gasteiger partial charge on any atom is 0.253 e. The molecule has 2 aliphatic rings. The molecule has 0 radical (unpaired) electrons. The summed E-state index contributed by atoms with van der Waals surface area (Å²) in [4.78, 5) is 26.8. The van der Waals surface area contributed by atoms with Crippen molar-refractivity contribution in [1.82, 2.24) is 25.0 Å². The van der Waals surface area contributed by atoms with Gasteiger partial charge in [0.2, 0.25) is 5.91 Å². The maximum absolute atomic E-state index is 13.0. The lowest BCUT2D eigenvalue weighted by Gasteiger charge is -2.31. The number of aryl methyl sites for hydroxylation is 1. The lowest BCUT2D eigenvalue weighted by Crippen LogP contribution is -2.43. The second-order valence-electron chi connectivity index (χ2n) is 7.79. The maximum atomic E-state index is 13.0. The van der Waals surface area contributed by atoms with E-state index in [1.807, 2.05) is 0 Å². The van der Waals surface area contributed by atoms with E-state index in [-0.39, 0.29) is 23.5 Å². The summed E-state index contributed by atoms with van der Waals surface area (Å²) in [6.07, 6.45) is 5.64. The molecule has 2 aromatic rings. The van der Waals surface area contributed by atoms with Crippen molar-refractivity contribution in [2.45, 2.75) is 51.6 Å². The topological polar surface area (TPSA) is 80.1 Å². The molecule has 0 aliphatic carbocycles. The van der Waals surface area contributed by atoms with Crippen LogP contribution in [0.2, 0.25) is 0 Å². The smallest absolute Gasteiger partial charge is 0.253 e. The van der Waals surface area contributed by atoms with Crippen LogP contribution in [0.1, 0.15) is 54.1 Å². The molecular formula is C21H26FN5O2. The molecule has 1 aromatic heterocycles. The number of carbonyl (C=O) groups is 2. The molecule has 8 heteroatoms. The first-order valence-corrected chi connectivity index (χ1v) is 10.4. The fraction of sp³-hybridized carbons (Fsp3) is 0.524. The number of nitrogens with one attached hydrogen (secondary N) is 1. The lowest BCUT2D eigenvalue weighted by atomic mass is 9.95. The normalized spacial score (nSPS) is 17.5. The first-order chi connectivity index (χ1) is 14.1. The first-order valence-electron chi connectivity index (χ1n) is 10.4. The summed E-state index contributed by atoms with van der Waals surface area (Å²) in [6.45, 7) is 2.35. The number of amides is 2. The van der Waals surface area contributed by atoms with Gasteiger partial charge in [-0.3, -0.25) is 9.59 Å². The van der Waals surface area contributed by atoms with E-state index in [0.717, 1.165) is 37.5 Å². The van der Waals surface area contributed by atoms with Crippen LogP contribution in [0.4, 0.5) is 4.39 Å². The molecule has 1 fully saturated rings. The molecule has 0 spiro atoms. The zero-order valence-electron chi connectivity index (χ0n) is 16.4. The molecule has 2 aliphatic heterocycles. The fourth-order valence-electron chi connectivity index (χ4n) is 4.11. The molecule has 1 aromatic carbocycles. The van der Waals surface area contributed by atoms with Crippen LogP contribution in [0.3, 0.4) is 0 Å². The number of nitrogens with zero attached hydrogens (tertiary/aromatic N) is 4. The van der Waals surface area contributed by atoms with Crippen molar-refractivity contribution >= 4 is 11.8 Å². The number of hydrogen-bond donors (Lipinski definition) is 1. The van der Waals surface area contributed by atoms with Crippen molar-refractivity contribution in [3.05, 3.63) is 47.3 Å². The van der Waals surface area contributed by atoms with Crippen molar-refractivity contribution < 1.29 is 14.0 Å². The van der Waals surface area contributed by atoms with E-state index in [4.69, 9.17) is 0 Å². The number of carbonyl (C=O) groups excluding carboxylic acids is 2. The molecule has 7 nitrogen and oxygen atoms in total. The molecule has 154 valence electrons. The van der Waals surface area contributed by atoms with Gasteiger partial charge in [-0.1, -0.05) is 6.42 Å². The Morgan fingerprint density at radius 1 is 1.03 bits per heavy atom. The standard InChI is InChI=1S/C21H26FN5O2/c22-17-7-5-16(6-8-17)21(29)26-12-9-15(10-13-26)20(28)23-14-19-25-24-18-4-2-1-3-11-27(18)19/h5-8,15H,1-4,9-14H2,(H,23,28). The highest BCUT2D eigenvalue weighted by molar-refractivity contribution is 5.94. The van der Waals surface area contributed by atoms with Gasteiger partial charge >= 0.3 is 0 Å². The molecule has 29 heavy (non-hydrogen) atoms. The van der Waals surface area contributed by atoms with E-state index in [0.29, 0.717) is 38.0 Å². The van der Waals surface area contributed by atoms with E-state index >= 15 is 0 Å². The molecule has 1 N–H and O–H groups in total. The van der Waals surface area contributed by atoms with Crippen molar-refractivity contribution in [2.24, 2.45) is 5.92 Å². The van der Waals surface area contributed by atoms with Gasteiger partial charge in [0.15, 0.2) is 5.82 Å². The molecular weight excluding hydrogens is 373 g/mol. The summed E-state index contributed by atoms with van der Waals surface area (Å²) >= 11 is 0. The number of halogens is 1. The first kappa shape index (κ1) is 19.5. The van der Waals surface area contributed by atoms with E-state index < -0.39 is 0 Å². The summed E-state index contributed by atoms with van der Waals surface area (Å²) in [5, 5.41) is 11.5. The Morgan fingerprint density at radius 3 is 2.55 bits per heavy atom. The Kier molecular flexibility index (Phi) is 5.87. The summed E-state index contributed by atoms with van der Waals surface area (Å²) in [5.74, 6) is 1.25. The predicted molar refractivity (Wildman–Crippen MR) is 104 cm³/mol. The van der Waals surface area contributed by atoms with Gasteiger partial charge in [0, 0.05) is 37.5 Å². The highest BCUT2D eigenvalue weighted by Gasteiger charge is 2.28. The van der Waals surface area contributed by atoms with Crippen LogP contribution >= 0.6 is 0 Å². The molecule has 0 unspecified atom stereocenters. The van der Waals surface area contributed by atoms with Crippen LogP contribution in [0.15, 0.2) is 24.3 Å². The van der Waals surface area contributed by atoms with Gasteiger partial charge in [-0.25, -0.2) is 4.39 Å². The highest BCUT2D eigenvalue weighted by Crippen LogP contribution is 2.20. The Hall–Kier alpha value is -2.77. The third kappa shape index (κ3) is 4.46. The van der Waals surface area contributed by atoms with Crippen molar-refractivity contribution in [1.29, 1.82) is 0 Å². The van der Waals surface area contributed by atoms with Gasteiger partial charge in [-0.15, -0.1) is 10.2 Å². The van der Waals surface area contributed by atoms with Gasteiger partial charge < -0.3 is 14.8 Å². The number of aromatic nitrogens is 3. The number of benzene rings is 1. The van der Waals surface area contributed by atoms with E-state index in [2.05, 4.69) is 20.1 Å². The Morgan fingerprint density at radius 2 is 1.79 bits per heavy atom. The van der Waals surface area contributed by atoms with Crippen LogP contribution in [0.5, 0.6) is 0 Å². The Bertz CT molecular complexity index is 872. The second kappa shape index (κ2) is 8.71. The minimum Gasteiger partial charge on any atom is -0.349 e. The molecule has 0 saturated carbocycles. The van der Waals surface area contributed by atoms with Gasteiger partial charge in [-0.05, 0) is 49.9 Å². The largest absolute Gasteiger partial charge is 0.349 e. The quantitative estimate of drug-likeness (QED) is 0.856. The lowest BCUT2D eigenvalue weighted by molar-refractivity contribution is -0.126. The predicted octanol–water partition coefficient (Wildman–Crippen LogP) is 2.31. The molecule has 3 heterocycles. The van der Waals surface area contributed by atoms with Crippen molar-refractivity contribution in [3.8, 4) is 0 Å². The SMILES string of the molecule is O=C(NCc1nnc2n1CCCCC2)C1CCN(C(=O)c2ccc(F)cc2)CC1. The van der Waals surface area contributed by atoms with Gasteiger partial charge in [0.1, 0.15) is 11.6 Å². The molecule has 2 amide bonds. The Balaban J connectivity index is 1.28. The Labute approximate surface area is 169 Å². The minimum atomic E-state index is -0.360. The van der Waals surface area contributed by atoms with Gasteiger partial charge in [0.25, 0.3) is 5.91 Å². The van der Waals surface area contributed by atoms with Crippen molar-refractivity contribution in [3.63, 3.8) is 0 Å². The number of likely N-dealkylation sites (tertiary alicyclic amines) is 1. The van der Waals surface area contributed by atoms with E-state index in [9.17, 15) is 14.0 Å². The average molecular weight is 399 g/mol. The van der Waals surface area contributed by atoms with Crippen molar-refractivity contribution in [2.75, 3.05) is 13.1 Å². The summed E-state index contributed by atoms with van der Waals surface area (Å²) in [6, 6.07) is 5.58.